The molecule has 0 amide bonds. The number of hydrogen-bond acceptors (Lipinski definition) is 1. The molecule has 0 radical (unpaired) electrons. The highest BCUT2D eigenvalue weighted by Crippen LogP contribution is 2.05. The molecule has 0 heterocycles. The summed E-state index contributed by atoms with van der Waals surface area (Å²) in [6.07, 6.45) is 7.23. The fraction of sp³-hybridized carbons (Fsp3) is 0.500. The van der Waals surface area contributed by atoms with Gasteiger partial charge in [0.1, 0.15) is 0 Å². The average Bonchev–Trinajstić information content (AvgIpc) is 2.33. The van der Waals surface area contributed by atoms with Crippen LogP contribution in [0.3, 0.4) is 0 Å². The average molecular weight is 232 g/mol. The third kappa shape index (κ3) is 7.76. The van der Waals surface area contributed by atoms with Gasteiger partial charge in [-0.2, -0.15) is 0 Å². The minimum absolute atomic E-state index is 0.745. The maximum atomic E-state index is 5.63. The molecule has 1 nitrogen and oxygen atoms in total. The van der Waals surface area contributed by atoms with Gasteiger partial charge in [0.15, 0.2) is 0 Å². The topological polar surface area (TPSA) is 9.23 Å². The van der Waals surface area contributed by atoms with E-state index in [0.29, 0.717) is 0 Å². The molecule has 0 saturated heterocycles. The van der Waals surface area contributed by atoms with Crippen LogP contribution in [0.4, 0.5) is 0 Å². The molecule has 0 fully saturated rings. The van der Waals surface area contributed by atoms with Crippen LogP contribution in [0, 0.1) is 0 Å². The van der Waals surface area contributed by atoms with E-state index in [1.165, 1.54) is 36.8 Å². The molecule has 0 N–H and O–H groups in total. The Morgan fingerprint density at radius 3 is 2.53 bits per heavy atom. The van der Waals surface area contributed by atoms with Crippen molar-refractivity contribution in [1.29, 1.82) is 0 Å². The lowest BCUT2D eigenvalue weighted by molar-refractivity contribution is 0.117. The first-order chi connectivity index (χ1) is 8.29. The second kappa shape index (κ2) is 9.00. The number of benzene rings is 1. The summed E-state index contributed by atoms with van der Waals surface area (Å²) >= 11 is 0. The minimum Gasteiger partial charge on any atom is -0.377 e. The number of rotatable bonds is 8. The number of unbranched alkanes of at least 4 members (excludes halogenated alkanes) is 3. The van der Waals surface area contributed by atoms with Crippen molar-refractivity contribution in [2.24, 2.45) is 0 Å². The molecule has 0 atom stereocenters. The van der Waals surface area contributed by atoms with Crippen LogP contribution < -0.4 is 0 Å². The second-order valence-electron chi connectivity index (χ2n) is 4.67. The molecule has 0 aliphatic rings. The fourth-order valence-electron chi connectivity index (χ4n) is 1.68. The Balaban J connectivity index is 1.93. The number of ether oxygens (including phenoxy) is 1. The Labute approximate surface area is 106 Å². The molecule has 0 unspecified atom stereocenters. The largest absolute Gasteiger partial charge is 0.377 e. The van der Waals surface area contributed by atoms with Gasteiger partial charge in [0.25, 0.3) is 0 Å². The molecule has 0 aromatic heterocycles. The van der Waals surface area contributed by atoms with Crippen LogP contribution in [-0.2, 0) is 11.3 Å². The van der Waals surface area contributed by atoms with E-state index in [9.17, 15) is 0 Å². The zero-order valence-corrected chi connectivity index (χ0v) is 11.1. The lowest BCUT2D eigenvalue weighted by atomic mass is 10.1. The van der Waals surface area contributed by atoms with Gasteiger partial charge >= 0.3 is 0 Å². The van der Waals surface area contributed by atoms with Crippen molar-refractivity contribution < 1.29 is 4.74 Å². The SMILES string of the molecule is CC(C)=CCCCCCOCc1ccccc1. The molecule has 1 heteroatoms. The van der Waals surface area contributed by atoms with Crippen molar-refractivity contribution in [2.75, 3.05) is 6.61 Å². The van der Waals surface area contributed by atoms with Crippen LogP contribution >= 0.6 is 0 Å². The highest BCUT2D eigenvalue weighted by molar-refractivity contribution is 5.13. The Bertz CT molecular complexity index is 310. The summed E-state index contributed by atoms with van der Waals surface area (Å²) in [4.78, 5) is 0. The molecule has 1 rings (SSSR count). The van der Waals surface area contributed by atoms with Gasteiger partial charge in [0, 0.05) is 6.61 Å². The molecule has 1 aromatic carbocycles. The zero-order chi connectivity index (χ0) is 12.3. The second-order valence-corrected chi connectivity index (χ2v) is 4.67. The molecule has 0 spiro atoms. The highest BCUT2D eigenvalue weighted by atomic mass is 16.5. The van der Waals surface area contributed by atoms with Gasteiger partial charge < -0.3 is 4.74 Å². The van der Waals surface area contributed by atoms with E-state index in [1.807, 2.05) is 6.07 Å². The molecular weight excluding hydrogens is 208 g/mol. The first kappa shape index (κ1) is 14.0. The van der Waals surface area contributed by atoms with E-state index < -0.39 is 0 Å². The van der Waals surface area contributed by atoms with Crippen LogP contribution in [-0.4, -0.2) is 6.61 Å². The minimum atomic E-state index is 0.745. The van der Waals surface area contributed by atoms with E-state index in [0.717, 1.165) is 13.2 Å². The maximum Gasteiger partial charge on any atom is 0.0716 e. The third-order valence-electron chi connectivity index (χ3n) is 2.66. The van der Waals surface area contributed by atoms with Gasteiger partial charge in [-0.1, -0.05) is 48.4 Å². The monoisotopic (exact) mass is 232 g/mol. The van der Waals surface area contributed by atoms with Crippen LogP contribution in [0.1, 0.15) is 45.1 Å². The summed E-state index contributed by atoms with van der Waals surface area (Å²) in [5.74, 6) is 0. The van der Waals surface area contributed by atoms with Gasteiger partial charge in [-0.05, 0) is 38.7 Å². The lowest BCUT2D eigenvalue weighted by Gasteiger charge is -2.03. The van der Waals surface area contributed by atoms with Gasteiger partial charge in [-0.25, -0.2) is 0 Å². The van der Waals surface area contributed by atoms with Crippen LogP contribution in [0.5, 0.6) is 0 Å². The van der Waals surface area contributed by atoms with Crippen LogP contribution in [0.25, 0.3) is 0 Å². The van der Waals surface area contributed by atoms with E-state index in [2.05, 4.69) is 44.2 Å². The van der Waals surface area contributed by atoms with E-state index in [-0.39, 0.29) is 0 Å². The Morgan fingerprint density at radius 2 is 1.82 bits per heavy atom. The summed E-state index contributed by atoms with van der Waals surface area (Å²) < 4.78 is 5.63. The van der Waals surface area contributed by atoms with Crippen LogP contribution in [0.15, 0.2) is 42.0 Å². The summed E-state index contributed by atoms with van der Waals surface area (Å²) in [6.45, 7) is 5.93. The first-order valence-electron chi connectivity index (χ1n) is 6.54. The predicted octanol–water partition coefficient (Wildman–Crippen LogP) is 4.73. The molecule has 0 aliphatic heterocycles. The third-order valence-corrected chi connectivity index (χ3v) is 2.66. The molecular formula is C16H24O. The van der Waals surface area contributed by atoms with Crippen molar-refractivity contribution in [3.05, 3.63) is 47.5 Å². The van der Waals surface area contributed by atoms with E-state index in [4.69, 9.17) is 4.74 Å². The Kier molecular flexibility index (Phi) is 7.40. The van der Waals surface area contributed by atoms with Crippen molar-refractivity contribution in [1.82, 2.24) is 0 Å². The molecule has 0 aliphatic carbocycles. The van der Waals surface area contributed by atoms with Crippen molar-refractivity contribution in [3.63, 3.8) is 0 Å². The van der Waals surface area contributed by atoms with Crippen molar-refractivity contribution >= 4 is 0 Å². The maximum absolute atomic E-state index is 5.63. The van der Waals surface area contributed by atoms with Crippen molar-refractivity contribution in [3.8, 4) is 0 Å². The smallest absolute Gasteiger partial charge is 0.0716 e. The molecule has 1 aromatic rings. The number of hydrogen-bond donors (Lipinski definition) is 0. The fourth-order valence-corrected chi connectivity index (χ4v) is 1.68. The number of allylic oxidation sites excluding steroid dienone is 2. The molecule has 17 heavy (non-hydrogen) atoms. The first-order valence-corrected chi connectivity index (χ1v) is 6.54. The van der Waals surface area contributed by atoms with Gasteiger partial charge in [0.2, 0.25) is 0 Å². The quantitative estimate of drug-likeness (QED) is 0.465. The lowest BCUT2D eigenvalue weighted by Crippen LogP contribution is -1.95. The van der Waals surface area contributed by atoms with Crippen molar-refractivity contribution in [2.45, 2.75) is 46.1 Å². The highest BCUT2D eigenvalue weighted by Gasteiger charge is 1.92. The summed E-state index contributed by atoms with van der Waals surface area (Å²) in [6, 6.07) is 10.4. The van der Waals surface area contributed by atoms with E-state index >= 15 is 0 Å². The van der Waals surface area contributed by atoms with Gasteiger partial charge in [-0.15, -0.1) is 0 Å². The molecule has 0 bridgehead atoms. The zero-order valence-electron chi connectivity index (χ0n) is 11.1. The van der Waals surface area contributed by atoms with E-state index in [1.54, 1.807) is 0 Å². The summed E-state index contributed by atoms with van der Waals surface area (Å²) in [5, 5.41) is 0. The summed E-state index contributed by atoms with van der Waals surface area (Å²) in [5.41, 5.74) is 2.68. The summed E-state index contributed by atoms with van der Waals surface area (Å²) in [7, 11) is 0. The normalized spacial score (nSPS) is 10.2. The predicted molar refractivity (Wildman–Crippen MR) is 74.0 cm³/mol. The van der Waals surface area contributed by atoms with Gasteiger partial charge in [0.05, 0.1) is 6.61 Å². The Morgan fingerprint density at radius 1 is 1.06 bits per heavy atom. The van der Waals surface area contributed by atoms with Crippen LogP contribution in [0.2, 0.25) is 0 Å². The molecule has 0 saturated carbocycles. The molecule has 94 valence electrons. The Hall–Kier alpha value is -1.08. The standard InChI is InChI=1S/C16H24O/c1-15(2)10-6-3-4-9-13-17-14-16-11-7-5-8-12-16/h5,7-8,10-12H,3-4,6,9,13-14H2,1-2H3. The van der Waals surface area contributed by atoms with Gasteiger partial charge in [-0.3, -0.25) is 0 Å².